The topological polar surface area (TPSA) is 29.5 Å². The van der Waals surface area contributed by atoms with Gasteiger partial charge in [-0.05, 0) is 110 Å². The van der Waals surface area contributed by atoms with Crippen LogP contribution in [-0.2, 0) is 0 Å². The first-order chi connectivity index (χ1) is 15.9. The van der Waals surface area contributed by atoms with Crippen LogP contribution >= 0.6 is 0 Å². The third-order valence-electron chi connectivity index (χ3n) is 9.04. The number of benzene rings is 2. The summed E-state index contributed by atoms with van der Waals surface area (Å²) in [7, 11) is 0. The minimum atomic E-state index is 0.383. The van der Waals surface area contributed by atoms with Crippen molar-refractivity contribution in [3.8, 4) is 17.2 Å². The average molecular weight is 447 g/mol. The molecule has 4 unspecified atom stereocenters. The zero-order valence-corrected chi connectivity index (χ0v) is 21.2. The number of rotatable bonds is 10. The van der Waals surface area contributed by atoms with Gasteiger partial charge in [0.25, 0.3) is 0 Å². The molecule has 33 heavy (non-hydrogen) atoms. The molecule has 3 aliphatic carbocycles. The van der Waals surface area contributed by atoms with E-state index in [0.29, 0.717) is 41.3 Å². The fraction of sp³-hybridized carbons (Fsp3) is 0.613. The summed E-state index contributed by atoms with van der Waals surface area (Å²) in [5.74, 6) is 6.46. The Morgan fingerprint density at radius 2 is 1.21 bits per heavy atom. The average Bonchev–Trinajstić information content (AvgIpc) is 3.67. The molecule has 5 rings (SSSR count). The van der Waals surface area contributed by atoms with Crippen LogP contribution in [0.4, 0.5) is 0 Å². The maximum atomic E-state index is 11.3. The monoisotopic (exact) mass is 446 g/mol. The number of phenols is 1. The number of hydrogen-bond acceptors (Lipinski definition) is 2. The summed E-state index contributed by atoms with van der Waals surface area (Å²) in [6, 6.07) is 11.1. The Balaban J connectivity index is 1.58. The van der Waals surface area contributed by atoms with Gasteiger partial charge in [-0.2, -0.15) is 0 Å². The highest BCUT2D eigenvalue weighted by atomic mass is 16.5. The highest BCUT2D eigenvalue weighted by Crippen LogP contribution is 2.52. The van der Waals surface area contributed by atoms with Gasteiger partial charge in [0.05, 0.1) is 0 Å². The minimum absolute atomic E-state index is 0.383. The molecule has 3 aliphatic rings. The van der Waals surface area contributed by atoms with Crippen molar-refractivity contribution in [2.24, 2.45) is 17.8 Å². The fourth-order valence-electron chi connectivity index (χ4n) is 5.73. The lowest BCUT2D eigenvalue weighted by molar-refractivity contribution is 0.428. The number of phenolic OH excluding ortho intramolecular Hbond substituents is 1. The molecule has 0 heterocycles. The normalized spacial score (nSPS) is 22.0. The summed E-state index contributed by atoms with van der Waals surface area (Å²) in [5, 5.41) is 11.3. The third-order valence-corrected chi connectivity index (χ3v) is 9.04. The van der Waals surface area contributed by atoms with Gasteiger partial charge >= 0.3 is 0 Å². The van der Waals surface area contributed by atoms with Crippen molar-refractivity contribution < 1.29 is 9.84 Å². The SMILES string of the molecule is CCC(C)c1cccc(C(C)C2CC2)c1Oc1cc(C(C)C2CC2)c(O)c(C(C)C2CC2)c1. The van der Waals surface area contributed by atoms with Gasteiger partial charge in [-0.1, -0.05) is 52.8 Å². The largest absolute Gasteiger partial charge is 0.507 e. The van der Waals surface area contributed by atoms with Crippen LogP contribution in [0, 0.1) is 17.8 Å². The number of para-hydroxylation sites is 1. The van der Waals surface area contributed by atoms with E-state index in [4.69, 9.17) is 4.74 Å². The van der Waals surface area contributed by atoms with E-state index < -0.39 is 0 Å². The van der Waals surface area contributed by atoms with Crippen molar-refractivity contribution in [1.82, 2.24) is 0 Å². The quantitative estimate of drug-likeness (QED) is 0.394. The highest BCUT2D eigenvalue weighted by Gasteiger charge is 2.36. The molecule has 1 N–H and O–H groups in total. The summed E-state index contributed by atoms with van der Waals surface area (Å²) in [6.07, 6.45) is 8.87. The van der Waals surface area contributed by atoms with Crippen molar-refractivity contribution in [3.05, 3.63) is 52.6 Å². The number of hydrogen-bond donors (Lipinski definition) is 1. The molecule has 2 aromatic rings. The van der Waals surface area contributed by atoms with Crippen LogP contribution in [0.25, 0.3) is 0 Å². The maximum Gasteiger partial charge on any atom is 0.134 e. The van der Waals surface area contributed by atoms with Crippen molar-refractivity contribution in [2.75, 3.05) is 0 Å². The Labute approximate surface area is 200 Å². The van der Waals surface area contributed by atoms with Crippen LogP contribution in [0.15, 0.2) is 30.3 Å². The van der Waals surface area contributed by atoms with E-state index in [1.165, 1.54) is 49.7 Å². The lowest BCUT2D eigenvalue weighted by Gasteiger charge is -2.25. The van der Waals surface area contributed by atoms with E-state index in [1.807, 2.05) is 0 Å². The first-order valence-corrected chi connectivity index (χ1v) is 13.6. The molecule has 4 atom stereocenters. The summed E-state index contributed by atoms with van der Waals surface area (Å²) < 4.78 is 6.89. The molecule has 3 saturated carbocycles. The lowest BCUT2D eigenvalue weighted by Crippen LogP contribution is -2.06. The van der Waals surface area contributed by atoms with Gasteiger partial charge in [0.15, 0.2) is 0 Å². The molecule has 0 saturated heterocycles. The van der Waals surface area contributed by atoms with Crippen molar-refractivity contribution >= 4 is 0 Å². The van der Waals surface area contributed by atoms with Crippen molar-refractivity contribution in [1.29, 1.82) is 0 Å². The molecule has 178 valence electrons. The molecule has 0 aromatic heterocycles. The second kappa shape index (κ2) is 9.01. The predicted octanol–water partition coefficient (Wildman–Crippen LogP) is 9.24. The molecular weight excluding hydrogens is 404 g/mol. The summed E-state index contributed by atoms with van der Waals surface area (Å²) in [4.78, 5) is 0. The van der Waals surface area contributed by atoms with Gasteiger partial charge in [-0.3, -0.25) is 0 Å². The van der Waals surface area contributed by atoms with Gasteiger partial charge in [-0.15, -0.1) is 0 Å². The molecular formula is C31H42O2. The highest BCUT2D eigenvalue weighted by molar-refractivity contribution is 5.53. The molecule has 0 amide bonds. The Kier molecular flexibility index (Phi) is 6.23. The van der Waals surface area contributed by atoms with E-state index >= 15 is 0 Å². The Morgan fingerprint density at radius 1 is 0.758 bits per heavy atom. The molecule has 0 radical (unpaired) electrons. The van der Waals surface area contributed by atoms with Crippen LogP contribution in [0.5, 0.6) is 17.2 Å². The van der Waals surface area contributed by atoms with E-state index in [-0.39, 0.29) is 0 Å². The zero-order valence-electron chi connectivity index (χ0n) is 21.2. The zero-order chi connectivity index (χ0) is 23.3. The van der Waals surface area contributed by atoms with Gasteiger partial charge in [0, 0.05) is 11.1 Å². The second-order valence-corrected chi connectivity index (χ2v) is 11.5. The Morgan fingerprint density at radius 3 is 1.67 bits per heavy atom. The van der Waals surface area contributed by atoms with Gasteiger partial charge in [-0.25, -0.2) is 0 Å². The molecule has 0 aliphatic heterocycles. The molecule has 2 heteroatoms. The van der Waals surface area contributed by atoms with Crippen molar-refractivity contribution in [2.45, 2.75) is 103 Å². The summed E-state index contributed by atoms with van der Waals surface area (Å²) in [5.41, 5.74) is 4.87. The second-order valence-electron chi connectivity index (χ2n) is 11.5. The van der Waals surface area contributed by atoms with Crippen LogP contribution < -0.4 is 4.74 Å². The van der Waals surface area contributed by atoms with E-state index in [9.17, 15) is 5.11 Å². The predicted molar refractivity (Wildman–Crippen MR) is 137 cm³/mol. The maximum absolute atomic E-state index is 11.3. The number of aromatic hydroxyl groups is 1. The Hall–Kier alpha value is -1.96. The van der Waals surface area contributed by atoms with Crippen LogP contribution in [0.3, 0.4) is 0 Å². The van der Waals surface area contributed by atoms with E-state index in [1.54, 1.807) is 0 Å². The van der Waals surface area contributed by atoms with Crippen LogP contribution in [0.1, 0.15) is 125 Å². The molecule has 3 fully saturated rings. The van der Waals surface area contributed by atoms with Crippen LogP contribution in [0.2, 0.25) is 0 Å². The summed E-state index contributed by atoms with van der Waals surface area (Å²) in [6.45, 7) is 11.5. The standard InChI is InChI=1S/C31H42O2/c1-6-18(2)26-8-7-9-27(19(3)22-10-11-22)31(26)33-25-16-28(20(4)23-12-13-23)30(32)29(17-25)21(5)24-14-15-24/h7-9,16-24,32H,6,10-15H2,1-5H3. The first kappa shape index (κ1) is 22.8. The number of ether oxygens (including phenoxy) is 1. The van der Waals surface area contributed by atoms with E-state index in [0.717, 1.165) is 35.0 Å². The third kappa shape index (κ3) is 4.68. The van der Waals surface area contributed by atoms with E-state index in [2.05, 4.69) is 65.0 Å². The summed E-state index contributed by atoms with van der Waals surface area (Å²) >= 11 is 0. The fourth-order valence-corrected chi connectivity index (χ4v) is 5.73. The lowest BCUT2D eigenvalue weighted by atomic mass is 9.87. The minimum Gasteiger partial charge on any atom is -0.507 e. The molecule has 2 nitrogen and oxygen atoms in total. The van der Waals surface area contributed by atoms with Crippen LogP contribution in [-0.4, -0.2) is 5.11 Å². The molecule has 2 aromatic carbocycles. The smallest absolute Gasteiger partial charge is 0.134 e. The van der Waals surface area contributed by atoms with Gasteiger partial charge < -0.3 is 9.84 Å². The van der Waals surface area contributed by atoms with Gasteiger partial charge in [0.1, 0.15) is 17.2 Å². The molecule has 0 bridgehead atoms. The van der Waals surface area contributed by atoms with Crippen molar-refractivity contribution in [3.63, 3.8) is 0 Å². The Bertz CT molecular complexity index is 957. The molecule has 0 spiro atoms. The first-order valence-electron chi connectivity index (χ1n) is 13.6. The van der Waals surface area contributed by atoms with Gasteiger partial charge in [0.2, 0.25) is 0 Å².